The van der Waals surface area contributed by atoms with Gasteiger partial charge in [0, 0.05) is 33.9 Å². The summed E-state index contributed by atoms with van der Waals surface area (Å²) >= 11 is 0. The minimum absolute atomic E-state index is 0.0826. The number of hydrogen-bond acceptors (Lipinski definition) is 4. The number of benzene rings is 6. The zero-order valence-corrected chi connectivity index (χ0v) is 27.9. The second-order valence-electron chi connectivity index (χ2n) is 13.4. The minimum Gasteiger partial charge on any atom is -0.460 e. The molecule has 51 heavy (non-hydrogen) atoms. The standard InChI is InChI=1S/C47H33N3O/c1-3-14-31(15-4-1)35-25-27-39(43-41-21-11-12-22-42(41)51-44(35)43)38-26-28-40(37-20-10-9-19-36(37)38)47-49-45(32-16-5-2-6-17-32)48-46(50-47)34-24-23-30-13-7-8-18-33(30)29-34/h1-16,18-24,26-29,32,35H,17,25H2/t32?,35-/m0/s1. The van der Waals surface area contributed by atoms with Crippen LogP contribution >= 0.6 is 0 Å². The average molecular weight is 656 g/mol. The maximum Gasteiger partial charge on any atom is 0.164 e. The molecule has 2 heterocycles. The van der Waals surface area contributed by atoms with Crippen LogP contribution in [-0.2, 0) is 0 Å². The fraction of sp³-hybridized carbons (Fsp3) is 0.0851. The van der Waals surface area contributed by atoms with Crippen LogP contribution in [0.3, 0.4) is 0 Å². The molecule has 4 heteroatoms. The zero-order chi connectivity index (χ0) is 33.7. The van der Waals surface area contributed by atoms with Crippen molar-refractivity contribution < 1.29 is 4.42 Å². The Morgan fingerprint density at radius 1 is 0.569 bits per heavy atom. The van der Waals surface area contributed by atoms with Crippen LogP contribution in [0.25, 0.3) is 60.9 Å². The molecule has 2 aromatic heterocycles. The summed E-state index contributed by atoms with van der Waals surface area (Å²) in [6.45, 7) is 0. The van der Waals surface area contributed by atoms with Crippen LogP contribution in [0.5, 0.6) is 0 Å². The number of fused-ring (bicyclic) bond motifs is 5. The molecule has 2 atom stereocenters. The lowest BCUT2D eigenvalue weighted by atomic mass is 9.80. The van der Waals surface area contributed by atoms with Crippen molar-refractivity contribution in [3.8, 4) is 22.8 Å². The van der Waals surface area contributed by atoms with E-state index in [1.54, 1.807) is 0 Å². The Hall–Kier alpha value is -6.39. The smallest absolute Gasteiger partial charge is 0.164 e. The van der Waals surface area contributed by atoms with Gasteiger partial charge in [-0.3, -0.25) is 0 Å². The Kier molecular flexibility index (Phi) is 7.05. The summed E-state index contributed by atoms with van der Waals surface area (Å²) in [5.74, 6) is 3.43. The second kappa shape index (κ2) is 12.2. The molecule has 2 aliphatic carbocycles. The van der Waals surface area contributed by atoms with Gasteiger partial charge in [0.15, 0.2) is 11.6 Å². The fourth-order valence-electron chi connectivity index (χ4n) is 7.89. The van der Waals surface area contributed by atoms with Crippen molar-refractivity contribution in [2.45, 2.75) is 24.7 Å². The predicted octanol–water partition coefficient (Wildman–Crippen LogP) is 11.8. The van der Waals surface area contributed by atoms with Gasteiger partial charge in [-0.2, -0.15) is 0 Å². The van der Waals surface area contributed by atoms with E-state index in [0.717, 1.165) is 62.7 Å². The molecule has 0 saturated heterocycles. The van der Waals surface area contributed by atoms with Crippen LogP contribution in [0.2, 0.25) is 0 Å². The first-order valence-corrected chi connectivity index (χ1v) is 17.7. The van der Waals surface area contributed by atoms with Gasteiger partial charge in [-0.1, -0.05) is 146 Å². The molecular formula is C47H33N3O. The Labute approximate surface area is 296 Å². The topological polar surface area (TPSA) is 51.8 Å². The van der Waals surface area contributed by atoms with E-state index in [4.69, 9.17) is 19.4 Å². The Morgan fingerprint density at radius 3 is 2.14 bits per heavy atom. The summed E-state index contributed by atoms with van der Waals surface area (Å²) in [6, 6.07) is 47.1. The highest BCUT2D eigenvalue weighted by Gasteiger charge is 2.31. The Bertz CT molecular complexity index is 2720. The lowest BCUT2D eigenvalue weighted by Gasteiger charge is -2.23. The fourth-order valence-corrected chi connectivity index (χ4v) is 7.89. The van der Waals surface area contributed by atoms with E-state index in [-0.39, 0.29) is 11.8 Å². The zero-order valence-electron chi connectivity index (χ0n) is 27.9. The first kappa shape index (κ1) is 29.5. The largest absolute Gasteiger partial charge is 0.460 e. The molecule has 1 unspecified atom stereocenters. The van der Waals surface area contributed by atoms with Gasteiger partial charge >= 0.3 is 0 Å². The van der Waals surface area contributed by atoms with E-state index in [1.165, 1.54) is 27.6 Å². The van der Waals surface area contributed by atoms with Gasteiger partial charge in [0.1, 0.15) is 17.2 Å². The summed E-state index contributed by atoms with van der Waals surface area (Å²) in [5.41, 5.74) is 7.73. The van der Waals surface area contributed by atoms with E-state index in [9.17, 15) is 0 Å². The van der Waals surface area contributed by atoms with Crippen LogP contribution in [0.15, 0.2) is 168 Å². The summed E-state index contributed by atoms with van der Waals surface area (Å²) < 4.78 is 6.69. The minimum atomic E-state index is 0.0826. The van der Waals surface area contributed by atoms with Gasteiger partial charge in [-0.05, 0) is 69.3 Å². The molecule has 2 aliphatic rings. The molecule has 0 saturated carbocycles. The molecule has 0 radical (unpaired) electrons. The van der Waals surface area contributed by atoms with Crippen LogP contribution in [0, 0.1) is 0 Å². The molecule has 4 nitrogen and oxygen atoms in total. The van der Waals surface area contributed by atoms with Crippen LogP contribution in [0.4, 0.5) is 0 Å². The lowest BCUT2D eigenvalue weighted by molar-refractivity contribution is 0.516. The SMILES string of the molecule is C1=CCC(c2nc(-c3ccc4ccccc4c3)nc(-c3ccc(C4=CC[C@@H](c5ccccc5)c5oc6ccccc6c54)c4ccccc34)n2)C=C1. The highest BCUT2D eigenvalue weighted by atomic mass is 16.3. The number of hydrogen-bond donors (Lipinski definition) is 0. The summed E-state index contributed by atoms with van der Waals surface area (Å²) in [7, 11) is 0. The van der Waals surface area contributed by atoms with E-state index in [2.05, 4.69) is 164 Å². The van der Waals surface area contributed by atoms with Gasteiger partial charge in [0.05, 0.1) is 0 Å². The third-order valence-corrected chi connectivity index (χ3v) is 10.4. The number of para-hydroxylation sites is 1. The molecule has 6 aromatic carbocycles. The van der Waals surface area contributed by atoms with Crippen molar-refractivity contribution in [1.29, 1.82) is 0 Å². The molecule has 0 aliphatic heterocycles. The van der Waals surface area contributed by atoms with E-state index in [0.29, 0.717) is 11.6 Å². The number of nitrogens with zero attached hydrogens (tertiary/aromatic N) is 3. The quantitative estimate of drug-likeness (QED) is 0.185. The maximum absolute atomic E-state index is 6.69. The third kappa shape index (κ3) is 5.11. The predicted molar refractivity (Wildman–Crippen MR) is 208 cm³/mol. The summed E-state index contributed by atoms with van der Waals surface area (Å²) in [6.07, 6.45) is 12.7. The molecule has 0 amide bonds. The van der Waals surface area contributed by atoms with Crippen LogP contribution in [-0.4, -0.2) is 15.0 Å². The first-order chi connectivity index (χ1) is 25.3. The highest BCUT2D eigenvalue weighted by Crippen LogP contribution is 2.47. The van der Waals surface area contributed by atoms with Gasteiger partial charge < -0.3 is 4.42 Å². The summed E-state index contributed by atoms with van der Waals surface area (Å²) in [5, 5.41) is 5.76. The highest BCUT2D eigenvalue weighted by molar-refractivity contribution is 6.08. The van der Waals surface area contributed by atoms with Crippen molar-refractivity contribution in [3.63, 3.8) is 0 Å². The molecular weight excluding hydrogens is 623 g/mol. The Balaban J connectivity index is 1.15. The molecule has 8 aromatic rings. The monoisotopic (exact) mass is 655 g/mol. The Morgan fingerprint density at radius 2 is 1.29 bits per heavy atom. The van der Waals surface area contributed by atoms with Gasteiger partial charge in [-0.25, -0.2) is 15.0 Å². The molecule has 0 spiro atoms. The van der Waals surface area contributed by atoms with E-state index in [1.807, 2.05) is 0 Å². The van der Waals surface area contributed by atoms with Crippen LogP contribution < -0.4 is 0 Å². The van der Waals surface area contributed by atoms with Gasteiger partial charge in [0.25, 0.3) is 0 Å². The normalized spacial score (nSPS) is 16.8. The van der Waals surface area contributed by atoms with Crippen molar-refractivity contribution in [2.24, 2.45) is 0 Å². The first-order valence-electron chi connectivity index (χ1n) is 17.7. The van der Waals surface area contributed by atoms with Crippen molar-refractivity contribution in [1.82, 2.24) is 15.0 Å². The molecule has 0 fully saturated rings. The van der Waals surface area contributed by atoms with Crippen molar-refractivity contribution >= 4 is 38.1 Å². The second-order valence-corrected chi connectivity index (χ2v) is 13.4. The van der Waals surface area contributed by atoms with Crippen LogP contribution in [0.1, 0.15) is 53.0 Å². The third-order valence-electron chi connectivity index (χ3n) is 10.4. The number of allylic oxidation sites excluding steroid dienone is 5. The van der Waals surface area contributed by atoms with Crippen molar-refractivity contribution in [3.05, 3.63) is 192 Å². The molecule has 0 bridgehead atoms. The van der Waals surface area contributed by atoms with E-state index < -0.39 is 0 Å². The van der Waals surface area contributed by atoms with Crippen molar-refractivity contribution in [2.75, 3.05) is 0 Å². The van der Waals surface area contributed by atoms with Gasteiger partial charge in [0.2, 0.25) is 0 Å². The van der Waals surface area contributed by atoms with Gasteiger partial charge in [-0.15, -0.1) is 0 Å². The number of rotatable bonds is 5. The number of furan rings is 1. The number of aromatic nitrogens is 3. The lowest BCUT2D eigenvalue weighted by Crippen LogP contribution is -2.09. The molecule has 10 rings (SSSR count). The van der Waals surface area contributed by atoms with E-state index >= 15 is 0 Å². The molecule has 242 valence electrons. The maximum atomic E-state index is 6.69. The summed E-state index contributed by atoms with van der Waals surface area (Å²) in [4.78, 5) is 15.5. The average Bonchev–Trinajstić information content (AvgIpc) is 3.60. The molecule has 0 N–H and O–H groups in total.